The number of anilines is 2. The molecule has 4 aliphatic rings. The number of likely N-dealkylation sites (tertiary alicyclic amines) is 2. The van der Waals surface area contributed by atoms with Crippen LogP contribution in [-0.2, 0) is 28.9 Å². The van der Waals surface area contributed by atoms with Crippen LogP contribution in [0.3, 0.4) is 0 Å². The molecule has 2 aromatic carbocycles. The Hall–Kier alpha value is -3.54. The van der Waals surface area contributed by atoms with Crippen molar-refractivity contribution in [1.82, 2.24) is 24.9 Å². The molecule has 0 unspecified atom stereocenters. The van der Waals surface area contributed by atoms with E-state index in [0.29, 0.717) is 68.7 Å². The maximum absolute atomic E-state index is 14.0. The highest BCUT2D eigenvalue weighted by Gasteiger charge is 2.36. The first-order chi connectivity index (χ1) is 22.3. The molecule has 0 saturated carbocycles. The van der Waals surface area contributed by atoms with Gasteiger partial charge in [-0.1, -0.05) is 42.8 Å². The normalized spacial score (nSPS) is 20.7. The smallest absolute Gasteiger partial charge is 0.410 e. The second-order valence-electron chi connectivity index (χ2n) is 12.9. The number of ether oxygens (including phenoxy) is 1. The van der Waals surface area contributed by atoms with E-state index in [0.717, 1.165) is 61.4 Å². The lowest BCUT2D eigenvalue weighted by molar-refractivity contribution is -0.142. The summed E-state index contributed by atoms with van der Waals surface area (Å²) in [4.78, 5) is 48.3. The van der Waals surface area contributed by atoms with E-state index >= 15 is 0 Å². The molecule has 4 heterocycles. The fraction of sp³-hybridized carbons (Fsp3) is 0.559. The minimum Gasteiger partial charge on any atom is -0.436 e. The molecule has 4 N–H and O–H groups in total. The lowest BCUT2D eigenvalue weighted by atomic mass is 9.99. The lowest BCUT2D eigenvalue weighted by Gasteiger charge is -2.41. The molecule has 0 radical (unpaired) electrons. The Kier molecular flexibility index (Phi) is 10.2. The predicted octanol–water partition coefficient (Wildman–Crippen LogP) is 3.94. The summed E-state index contributed by atoms with van der Waals surface area (Å²) < 4.78 is 6.05. The number of fused-ring (bicyclic) bond motifs is 1. The molecule has 1 atom stereocenters. The molecule has 3 fully saturated rings. The molecule has 6 rings (SSSR count). The standard InChI is InChI=1S/C34H46ClN7O4/c1-2-24-19-23(20-28(35)31(24)36)21-30(32(43)40-13-7-26(8-14-40)39-17-11-37-12-18-39)46-34(45)41-15-9-27(10-16-41)42-22-25-5-3-4-6-29(25)38-33(42)44/h3-6,19-20,26-27,30,37H,2,7-18,21-22,36H2,1H3,(H,38,44)/t30-/m1/s1. The molecule has 2 aromatic rings. The molecule has 11 nitrogen and oxygen atoms in total. The average Bonchev–Trinajstić information content (AvgIpc) is 3.09. The van der Waals surface area contributed by atoms with Gasteiger partial charge in [-0.25, -0.2) is 9.59 Å². The number of carbonyl (C=O) groups is 3. The number of piperidine rings is 2. The number of nitrogens with two attached hydrogens (primary N) is 1. The van der Waals surface area contributed by atoms with Gasteiger partial charge in [0.2, 0.25) is 0 Å². The SMILES string of the molecule is CCc1cc(C[C@@H](OC(=O)N2CCC(N3Cc4ccccc4NC3=O)CC2)C(=O)N2CCC(N3CCNCC3)CC2)cc(Cl)c1N. The third-order valence-corrected chi connectivity index (χ3v) is 10.4. The zero-order valence-corrected chi connectivity index (χ0v) is 27.4. The van der Waals surface area contributed by atoms with E-state index in [4.69, 9.17) is 22.1 Å². The number of amides is 4. The van der Waals surface area contributed by atoms with Crippen LogP contribution < -0.4 is 16.4 Å². The van der Waals surface area contributed by atoms with Crippen LogP contribution in [0, 0.1) is 0 Å². The number of urea groups is 1. The second-order valence-corrected chi connectivity index (χ2v) is 13.3. The Bertz CT molecular complexity index is 1420. The molecule has 248 valence electrons. The van der Waals surface area contributed by atoms with E-state index < -0.39 is 12.2 Å². The number of halogens is 1. The summed E-state index contributed by atoms with van der Waals surface area (Å²) in [5.74, 6) is -0.170. The summed E-state index contributed by atoms with van der Waals surface area (Å²) in [6.07, 6.45) is 2.52. The molecule has 12 heteroatoms. The largest absolute Gasteiger partial charge is 0.436 e. The van der Waals surface area contributed by atoms with Crippen molar-refractivity contribution in [2.45, 2.75) is 70.2 Å². The van der Waals surface area contributed by atoms with Crippen LogP contribution in [0.25, 0.3) is 0 Å². The number of hydrogen-bond donors (Lipinski definition) is 3. The van der Waals surface area contributed by atoms with Gasteiger partial charge in [-0.05, 0) is 60.9 Å². The van der Waals surface area contributed by atoms with Gasteiger partial charge < -0.3 is 35.8 Å². The van der Waals surface area contributed by atoms with Crippen molar-refractivity contribution >= 4 is 41.0 Å². The highest BCUT2D eigenvalue weighted by molar-refractivity contribution is 6.33. The molecule has 0 bridgehead atoms. The molecule has 4 aliphatic heterocycles. The zero-order valence-electron chi connectivity index (χ0n) is 26.7. The Labute approximate surface area is 276 Å². The minimum absolute atomic E-state index is 0.0104. The first-order valence-electron chi connectivity index (χ1n) is 16.7. The quantitative estimate of drug-likeness (QED) is 0.388. The van der Waals surface area contributed by atoms with Gasteiger partial charge in [0.25, 0.3) is 5.91 Å². The number of hydrogen-bond acceptors (Lipinski definition) is 7. The van der Waals surface area contributed by atoms with Crippen LogP contribution >= 0.6 is 11.6 Å². The molecule has 0 spiro atoms. The number of aryl methyl sites for hydroxylation is 1. The van der Waals surface area contributed by atoms with Gasteiger partial charge in [-0.2, -0.15) is 0 Å². The average molecular weight is 652 g/mol. The molecule has 0 aromatic heterocycles. The van der Waals surface area contributed by atoms with Crippen LogP contribution in [0.1, 0.15) is 49.3 Å². The van der Waals surface area contributed by atoms with Crippen LogP contribution in [0.2, 0.25) is 5.02 Å². The Morgan fingerprint density at radius 1 is 0.978 bits per heavy atom. The van der Waals surface area contributed by atoms with E-state index in [1.54, 1.807) is 11.0 Å². The highest BCUT2D eigenvalue weighted by Crippen LogP contribution is 2.29. The van der Waals surface area contributed by atoms with Crippen molar-refractivity contribution in [1.29, 1.82) is 0 Å². The summed E-state index contributed by atoms with van der Waals surface area (Å²) in [5, 5.41) is 6.84. The second kappa shape index (κ2) is 14.5. The number of nitrogen functional groups attached to an aromatic ring is 1. The lowest BCUT2D eigenvalue weighted by Crippen LogP contribution is -2.54. The van der Waals surface area contributed by atoms with E-state index in [2.05, 4.69) is 15.5 Å². The van der Waals surface area contributed by atoms with Gasteiger partial charge in [0, 0.05) is 83.1 Å². The number of nitrogens with one attached hydrogen (secondary N) is 2. The first kappa shape index (κ1) is 32.4. The summed E-state index contributed by atoms with van der Waals surface area (Å²) >= 11 is 6.46. The molecular weight excluding hydrogens is 606 g/mol. The Morgan fingerprint density at radius 2 is 1.65 bits per heavy atom. The number of carbonyl (C=O) groups excluding carboxylic acids is 3. The summed E-state index contributed by atoms with van der Waals surface area (Å²) in [6, 6.07) is 11.9. The van der Waals surface area contributed by atoms with Crippen molar-refractivity contribution < 1.29 is 19.1 Å². The first-order valence-corrected chi connectivity index (χ1v) is 17.1. The molecule has 46 heavy (non-hydrogen) atoms. The van der Waals surface area contributed by atoms with Gasteiger partial charge >= 0.3 is 12.1 Å². The maximum Gasteiger partial charge on any atom is 0.410 e. The highest BCUT2D eigenvalue weighted by atomic mass is 35.5. The third-order valence-electron chi connectivity index (χ3n) is 10.1. The van der Waals surface area contributed by atoms with Crippen LogP contribution in [-0.4, -0.2) is 108 Å². The fourth-order valence-electron chi connectivity index (χ4n) is 7.32. The van der Waals surface area contributed by atoms with Crippen molar-refractivity contribution in [2.24, 2.45) is 0 Å². The van der Waals surface area contributed by atoms with Crippen molar-refractivity contribution in [3.05, 3.63) is 58.1 Å². The zero-order chi connectivity index (χ0) is 32.2. The third kappa shape index (κ3) is 7.21. The van der Waals surface area contributed by atoms with E-state index in [1.165, 1.54) is 0 Å². The van der Waals surface area contributed by atoms with Crippen molar-refractivity contribution in [3.8, 4) is 0 Å². The Morgan fingerprint density at radius 3 is 2.37 bits per heavy atom. The van der Waals surface area contributed by atoms with Crippen LogP contribution in [0.15, 0.2) is 36.4 Å². The van der Waals surface area contributed by atoms with Gasteiger partial charge in [-0.15, -0.1) is 0 Å². The van der Waals surface area contributed by atoms with E-state index in [-0.39, 0.29) is 24.4 Å². The number of nitrogens with zero attached hydrogens (tertiary/aromatic N) is 4. The summed E-state index contributed by atoms with van der Waals surface area (Å²) in [6.45, 7) is 8.77. The monoisotopic (exact) mass is 651 g/mol. The van der Waals surface area contributed by atoms with Crippen molar-refractivity contribution in [2.75, 3.05) is 63.4 Å². The summed E-state index contributed by atoms with van der Waals surface area (Å²) in [5.41, 5.74) is 10.4. The topological polar surface area (TPSA) is 123 Å². The van der Waals surface area contributed by atoms with Crippen LogP contribution in [0.5, 0.6) is 0 Å². The summed E-state index contributed by atoms with van der Waals surface area (Å²) in [7, 11) is 0. The predicted molar refractivity (Wildman–Crippen MR) is 179 cm³/mol. The number of piperazine rings is 1. The number of rotatable bonds is 7. The minimum atomic E-state index is -0.977. The van der Waals surface area contributed by atoms with E-state index in [9.17, 15) is 14.4 Å². The molecule has 4 amide bonds. The van der Waals surface area contributed by atoms with Crippen LogP contribution in [0.4, 0.5) is 21.0 Å². The van der Waals surface area contributed by atoms with Gasteiger partial charge in [-0.3, -0.25) is 9.69 Å². The molecule has 0 aliphatic carbocycles. The number of para-hydroxylation sites is 1. The van der Waals surface area contributed by atoms with Gasteiger partial charge in [0.1, 0.15) is 0 Å². The maximum atomic E-state index is 14.0. The Balaban J connectivity index is 1.10. The molecular formula is C34H46ClN7O4. The number of benzene rings is 2. The molecule has 3 saturated heterocycles. The van der Waals surface area contributed by atoms with E-state index in [1.807, 2.05) is 47.1 Å². The van der Waals surface area contributed by atoms with Gasteiger partial charge in [0.05, 0.1) is 10.7 Å². The van der Waals surface area contributed by atoms with Crippen molar-refractivity contribution in [3.63, 3.8) is 0 Å². The van der Waals surface area contributed by atoms with Gasteiger partial charge in [0.15, 0.2) is 6.10 Å². The fourth-order valence-corrected chi connectivity index (χ4v) is 7.58.